The molecule has 3 aromatic rings. The maximum absolute atomic E-state index is 11.8. The van der Waals surface area contributed by atoms with Crippen LogP contribution in [0.15, 0.2) is 36.5 Å². The Morgan fingerprint density at radius 2 is 1.86 bits per heavy atom. The van der Waals surface area contributed by atoms with E-state index < -0.39 is 0 Å². The molecule has 1 fully saturated rings. The highest BCUT2D eigenvalue weighted by molar-refractivity contribution is 5.89. The molecule has 11 nitrogen and oxygen atoms in total. The topological polar surface area (TPSA) is 134 Å². The fraction of sp³-hybridized carbons (Fsp3) is 0.375. The maximum atomic E-state index is 11.8. The summed E-state index contributed by atoms with van der Waals surface area (Å²) in [4.78, 5) is 34.7. The number of benzene rings is 1. The summed E-state index contributed by atoms with van der Waals surface area (Å²) in [6.45, 7) is 6.76. The Morgan fingerprint density at radius 1 is 1.06 bits per heavy atom. The van der Waals surface area contributed by atoms with E-state index in [-0.39, 0.29) is 12.0 Å². The van der Waals surface area contributed by atoms with E-state index in [4.69, 9.17) is 20.4 Å². The van der Waals surface area contributed by atoms with Gasteiger partial charge in [0.05, 0.1) is 18.9 Å². The second-order valence-electron chi connectivity index (χ2n) is 8.40. The minimum Gasteiger partial charge on any atom is -0.378 e. The van der Waals surface area contributed by atoms with Crippen molar-refractivity contribution in [2.75, 3.05) is 60.2 Å². The maximum Gasteiger partial charge on any atom is 0.319 e. The number of urea groups is 1. The fourth-order valence-electron chi connectivity index (χ4n) is 4.34. The number of nitrogen functional groups attached to an aromatic ring is 1. The Kier molecular flexibility index (Phi) is 6.57. The molecule has 0 atom stereocenters. The molecule has 2 aliphatic rings. The summed E-state index contributed by atoms with van der Waals surface area (Å²) < 4.78 is 5.58. The van der Waals surface area contributed by atoms with Crippen LogP contribution >= 0.6 is 0 Å². The third-order valence-electron chi connectivity index (χ3n) is 6.07. The summed E-state index contributed by atoms with van der Waals surface area (Å²) in [6, 6.07) is 9.25. The van der Waals surface area contributed by atoms with Gasteiger partial charge in [-0.1, -0.05) is 0 Å². The van der Waals surface area contributed by atoms with Crippen LogP contribution < -0.4 is 26.2 Å². The van der Waals surface area contributed by atoms with Crippen LogP contribution in [0.5, 0.6) is 0 Å². The van der Waals surface area contributed by atoms with Crippen molar-refractivity contribution < 1.29 is 9.53 Å². The molecular formula is C24H29N9O2. The van der Waals surface area contributed by atoms with Crippen LogP contribution in [0, 0.1) is 0 Å². The molecule has 182 valence electrons. The Bertz CT molecular complexity index is 1200. The van der Waals surface area contributed by atoms with Crippen LogP contribution in [0.3, 0.4) is 0 Å². The van der Waals surface area contributed by atoms with Crippen LogP contribution in [-0.4, -0.2) is 65.4 Å². The van der Waals surface area contributed by atoms with E-state index in [2.05, 4.69) is 30.4 Å². The lowest BCUT2D eigenvalue weighted by molar-refractivity contribution is 0.122. The van der Waals surface area contributed by atoms with Crippen LogP contribution in [0.1, 0.15) is 18.2 Å². The summed E-state index contributed by atoms with van der Waals surface area (Å²) in [5.74, 6) is 2.67. The molecule has 0 radical (unpaired) electrons. The van der Waals surface area contributed by atoms with Crippen molar-refractivity contribution in [3.8, 4) is 11.4 Å². The molecule has 0 spiro atoms. The Labute approximate surface area is 203 Å². The van der Waals surface area contributed by atoms with E-state index in [1.807, 2.05) is 37.3 Å². The van der Waals surface area contributed by atoms with Crippen molar-refractivity contribution in [1.82, 2.24) is 25.3 Å². The quantitative estimate of drug-likeness (QED) is 0.507. The van der Waals surface area contributed by atoms with Gasteiger partial charge in [0.2, 0.25) is 5.95 Å². The lowest BCUT2D eigenvalue weighted by atomic mass is 10.0. The van der Waals surface area contributed by atoms with Gasteiger partial charge in [-0.2, -0.15) is 4.98 Å². The Balaban J connectivity index is 1.46. The smallest absolute Gasteiger partial charge is 0.319 e. The van der Waals surface area contributed by atoms with Crippen LogP contribution in [-0.2, 0) is 17.7 Å². The number of nitrogens with one attached hydrogen (secondary N) is 2. The number of fused-ring (bicyclic) bond motifs is 1. The van der Waals surface area contributed by atoms with E-state index in [0.717, 1.165) is 54.5 Å². The van der Waals surface area contributed by atoms with Crippen molar-refractivity contribution in [2.45, 2.75) is 19.9 Å². The number of nitrogens with two attached hydrogens (primary N) is 1. The van der Waals surface area contributed by atoms with Gasteiger partial charge in [0.1, 0.15) is 11.6 Å². The highest BCUT2D eigenvalue weighted by Gasteiger charge is 2.27. The van der Waals surface area contributed by atoms with Crippen molar-refractivity contribution in [3.63, 3.8) is 0 Å². The third-order valence-corrected chi connectivity index (χ3v) is 6.07. The van der Waals surface area contributed by atoms with Crippen molar-refractivity contribution in [1.29, 1.82) is 0 Å². The standard InChI is InChI=1S/C24H29N9O2/c1-2-26-24(34)28-17-5-3-16(4-6-17)21-29-19-8-10-33(20-7-9-27-23(25)30-20)15-18(19)22(31-21)32-11-13-35-14-12-32/h3-7,9H,2,8,10-15H2,1H3,(H2,25,27,30)(H2,26,28,34). The summed E-state index contributed by atoms with van der Waals surface area (Å²) >= 11 is 0. The summed E-state index contributed by atoms with van der Waals surface area (Å²) in [5.41, 5.74) is 9.58. The van der Waals surface area contributed by atoms with Crippen molar-refractivity contribution in [2.24, 2.45) is 0 Å². The van der Waals surface area contributed by atoms with Crippen molar-refractivity contribution >= 4 is 29.3 Å². The molecular weight excluding hydrogens is 446 g/mol. The van der Waals surface area contributed by atoms with Gasteiger partial charge in [-0.05, 0) is 37.3 Å². The number of aromatic nitrogens is 4. The zero-order valence-corrected chi connectivity index (χ0v) is 19.7. The van der Waals surface area contributed by atoms with Crippen LogP contribution in [0.25, 0.3) is 11.4 Å². The first-order valence-corrected chi connectivity index (χ1v) is 11.8. The molecule has 0 bridgehead atoms. The molecule has 2 aromatic heterocycles. The molecule has 35 heavy (non-hydrogen) atoms. The minimum atomic E-state index is -0.227. The molecule has 11 heteroatoms. The Hall–Kier alpha value is -3.99. The molecule has 1 saturated heterocycles. The number of nitrogens with zero attached hydrogens (tertiary/aromatic N) is 6. The molecule has 0 aliphatic carbocycles. The van der Waals surface area contributed by atoms with Gasteiger partial charge >= 0.3 is 6.03 Å². The van der Waals surface area contributed by atoms with E-state index in [0.29, 0.717) is 37.8 Å². The molecule has 2 amide bonds. The van der Waals surface area contributed by atoms with E-state index in [9.17, 15) is 4.79 Å². The van der Waals surface area contributed by atoms with E-state index in [1.165, 1.54) is 0 Å². The van der Waals surface area contributed by atoms with Crippen LogP contribution in [0.4, 0.5) is 28.1 Å². The molecule has 0 unspecified atom stereocenters. The normalized spacial score (nSPS) is 15.5. The first kappa shape index (κ1) is 22.8. The van der Waals surface area contributed by atoms with Gasteiger partial charge in [-0.25, -0.2) is 19.7 Å². The molecule has 5 rings (SSSR count). The number of carbonyl (C=O) groups excluding carboxylic acids is 1. The molecule has 2 aliphatic heterocycles. The predicted octanol–water partition coefficient (Wildman–Crippen LogP) is 2.06. The summed E-state index contributed by atoms with van der Waals surface area (Å²) in [5, 5.41) is 5.55. The van der Waals surface area contributed by atoms with Gasteiger partial charge in [0.15, 0.2) is 5.82 Å². The van der Waals surface area contributed by atoms with E-state index in [1.54, 1.807) is 6.20 Å². The third kappa shape index (κ3) is 5.09. The van der Waals surface area contributed by atoms with E-state index >= 15 is 0 Å². The second kappa shape index (κ2) is 10.1. The number of hydrogen-bond acceptors (Lipinski definition) is 9. The summed E-state index contributed by atoms with van der Waals surface area (Å²) in [6.07, 6.45) is 2.45. The van der Waals surface area contributed by atoms with Gasteiger partial charge < -0.3 is 30.9 Å². The Morgan fingerprint density at radius 3 is 2.60 bits per heavy atom. The van der Waals surface area contributed by atoms with Gasteiger partial charge in [-0.3, -0.25) is 0 Å². The predicted molar refractivity (Wildman–Crippen MR) is 134 cm³/mol. The number of morpholine rings is 1. The highest BCUT2D eigenvalue weighted by atomic mass is 16.5. The lowest BCUT2D eigenvalue weighted by Gasteiger charge is -2.35. The fourth-order valence-corrected chi connectivity index (χ4v) is 4.34. The summed E-state index contributed by atoms with van der Waals surface area (Å²) in [7, 11) is 0. The largest absolute Gasteiger partial charge is 0.378 e. The number of rotatable bonds is 5. The SMILES string of the molecule is CCNC(=O)Nc1ccc(-c2nc3c(c(N4CCOCC4)n2)CN(c2ccnc(N)n2)CC3)cc1. The second-order valence-corrected chi connectivity index (χ2v) is 8.40. The number of anilines is 4. The van der Waals surface area contributed by atoms with Gasteiger partial charge in [0.25, 0.3) is 0 Å². The molecule has 4 heterocycles. The average Bonchev–Trinajstić information content (AvgIpc) is 2.89. The molecule has 1 aromatic carbocycles. The molecule has 0 saturated carbocycles. The lowest BCUT2D eigenvalue weighted by Crippen LogP contribution is -2.40. The monoisotopic (exact) mass is 475 g/mol. The minimum absolute atomic E-state index is 0.227. The number of hydrogen-bond donors (Lipinski definition) is 3. The molecule has 4 N–H and O–H groups in total. The first-order valence-electron chi connectivity index (χ1n) is 11.8. The van der Waals surface area contributed by atoms with Crippen molar-refractivity contribution in [3.05, 3.63) is 47.8 Å². The zero-order valence-electron chi connectivity index (χ0n) is 19.7. The first-order chi connectivity index (χ1) is 17.1. The van der Waals surface area contributed by atoms with Gasteiger partial charge in [-0.15, -0.1) is 0 Å². The van der Waals surface area contributed by atoms with Gasteiger partial charge in [0, 0.05) is 62.2 Å². The van der Waals surface area contributed by atoms with Crippen LogP contribution in [0.2, 0.25) is 0 Å². The zero-order chi connectivity index (χ0) is 24.2. The highest BCUT2D eigenvalue weighted by Crippen LogP contribution is 2.32. The number of amides is 2. The number of ether oxygens (including phenoxy) is 1. The average molecular weight is 476 g/mol. The number of carbonyl (C=O) groups is 1.